The summed E-state index contributed by atoms with van der Waals surface area (Å²) in [6.07, 6.45) is 6.56. The molecule has 3 unspecified atom stereocenters. The van der Waals surface area contributed by atoms with Crippen LogP contribution in [-0.4, -0.2) is 35.0 Å². The maximum absolute atomic E-state index is 11.5. The highest BCUT2D eigenvalue weighted by Crippen LogP contribution is 2.60. The summed E-state index contributed by atoms with van der Waals surface area (Å²) in [5.74, 6) is 1.68. The number of furan rings is 1. The summed E-state index contributed by atoms with van der Waals surface area (Å²) in [5, 5.41) is 25.4. The van der Waals surface area contributed by atoms with Crippen LogP contribution in [0.25, 0.3) is 0 Å². The third kappa shape index (κ3) is 3.60. The number of fused-ring (bicyclic) bond motifs is 1. The number of aliphatic hydroxyl groups is 2. The lowest BCUT2D eigenvalue weighted by Gasteiger charge is -2.55. The first-order chi connectivity index (χ1) is 13.8. The smallest absolute Gasteiger partial charge is 0.117 e. The first-order valence-electron chi connectivity index (χ1n) is 11.3. The van der Waals surface area contributed by atoms with Crippen LogP contribution in [-0.2, 0) is 6.54 Å². The summed E-state index contributed by atoms with van der Waals surface area (Å²) in [4.78, 5) is 0. The molecule has 1 aromatic rings. The molecule has 0 saturated heterocycles. The fraction of sp³-hybridized carbons (Fsp3) is 0.750. The summed E-state index contributed by atoms with van der Waals surface area (Å²) in [6.45, 7) is 10.4. The van der Waals surface area contributed by atoms with Gasteiger partial charge in [0.1, 0.15) is 5.76 Å². The quantitative estimate of drug-likeness (QED) is 0.568. The van der Waals surface area contributed by atoms with Crippen molar-refractivity contribution < 1.29 is 14.6 Å². The van der Waals surface area contributed by atoms with Gasteiger partial charge >= 0.3 is 0 Å². The molecule has 0 spiro atoms. The van der Waals surface area contributed by atoms with Gasteiger partial charge in [-0.2, -0.15) is 0 Å². The first kappa shape index (κ1) is 21.1. The average Bonchev–Trinajstić information content (AvgIpc) is 3.28. The minimum atomic E-state index is -0.355. The minimum absolute atomic E-state index is 0.00413. The minimum Gasteiger partial charge on any atom is -0.468 e. The molecule has 3 aliphatic rings. The van der Waals surface area contributed by atoms with Crippen molar-refractivity contribution in [1.29, 1.82) is 0 Å². The SMILES string of the molecule is C=C1C(N)CC2[C@H](O)C([C@@]3(C)CC[C@H](O)C[C@@H]3CNCc3ccco3)CC[C@]12C. The standard InChI is InChI=1S/C24H38N2O3/c1-15-21(25)12-20-22(28)19(7-9-23(15,20)2)24(3)8-6-17(27)11-16(24)13-26-14-18-5-4-10-29-18/h4-5,10,16-17,19-22,26-28H,1,6-9,11-14,25H2,2-3H3/t16-,17+,19?,20?,21?,22-,23-,24+/m1/s1. The Morgan fingerprint density at radius 2 is 2.00 bits per heavy atom. The second kappa shape index (κ2) is 7.84. The Labute approximate surface area is 174 Å². The van der Waals surface area contributed by atoms with Gasteiger partial charge in [-0.25, -0.2) is 0 Å². The van der Waals surface area contributed by atoms with Gasteiger partial charge in [0.05, 0.1) is 25.0 Å². The van der Waals surface area contributed by atoms with E-state index in [4.69, 9.17) is 10.2 Å². The topological polar surface area (TPSA) is 91.7 Å². The van der Waals surface area contributed by atoms with Crippen molar-refractivity contribution in [2.75, 3.05) is 6.54 Å². The molecule has 8 atom stereocenters. The molecule has 0 amide bonds. The molecule has 162 valence electrons. The number of nitrogens with one attached hydrogen (secondary N) is 1. The Kier molecular flexibility index (Phi) is 5.71. The van der Waals surface area contributed by atoms with Crippen LogP contribution in [0, 0.1) is 28.6 Å². The molecule has 0 aromatic carbocycles. The van der Waals surface area contributed by atoms with E-state index in [1.807, 2.05) is 12.1 Å². The highest BCUT2D eigenvalue weighted by Gasteiger charge is 2.58. The molecule has 3 fully saturated rings. The molecular formula is C24H38N2O3. The van der Waals surface area contributed by atoms with Gasteiger partial charge in [0, 0.05) is 6.04 Å². The van der Waals surface area contributed by atoms with Crippen LogP contribution in [0.1, 0.15) is 58.1 Å². The van der Waals surface area contributed by atoms with Crippen LogP contribution in [0.15, 0.2) is 35.0 Å². The van der Waals surface area contributed by atoms with Crippen molar-refractivity contribution in [1.82, 2.24) is 5.32 Å². The number of rotatable bonds is 5. The molecule has 4 rings (SSSR count). The second-order valence-corrected chi connectivity index (χ2v) is 10.4. The van der Waals surface area contributed by atoms with Gasteiger partial charge in [-0.15, -0.1) is 0 Å². The lowest BCUT2D eigenvalue weighted by molar-refractivity contribution is -0.118. The van der Waals surface area contributed by atoms with E-state index in [0.29, 0.717) is 12.5 Å². The van der Waals surface area contributed by atoms with Gasteiger partial charge in [-0.1, -0.05) is 26.0 Å². The third-order valence-electron chi connectivity index (χ3n) is 8.93. The zero-order valence-electron chi connectivity index (χ0n) is 17.9. The van der Waals surface area contributed by atoms with Crippen LogP contribution in [0.2, 0.25) is 0 Å². The molecule has 3 saturated carbocycles. The normalized spacial score (nSPS) is 45.3. The first-order valence-corrected chi connectivity index (χ1v) is 11.3. The third-order valence-corrected chi connectivity index (χ3v) is 8.93. The molecule has 1 aromatic heterocycles. The van der Waals surface area contributed by atoms with Crippen molar-refractivity contribution in [2.45, 2.75) is 77.2 Å². The van der Waals surface area contributed by atoms with E-state index in [1.54, 1.807) is 6.26 Å². The van der Waals surface area contributed by atoms with E-state index in [2.05, 4.69) is 25.7 Å². The summed E-state index contributed by atoms with van der Waals surface area (Å²) in [5.41, 5.74) is 7.43. The summed E-state index contributed by atoms with van der Waals surface area (Å²) in [7, 11) is 0. The molecule has 5 heteroatoms. The highest BCUT2D eigenvalue weighted by atomic mass is 16.3. The maximum Gasteiger partial charge on any atom is 0.117 e. The van der Waals surface area contributed by atoms with Crippen molar-refractivity contribution in [2.24, 2.45) is 34.3 Å². The van der Waals surface area contributed by atoms with E-state index in [-0.39, 0.29) is 40.9 Å². The van der Waals surface area contributed by atoms with Gasteiger partial charge in [0.2, 0.25) is 0 Å². The van der Waals surface area contributed by atoms with E-state index in [9.17, 15) is 10.2 Å². The predicted molar refractivity (Wildman–Crippen MR) is 114 cm³/mol. The number of hydrogen-bond donors (Lipinski definition) is 4. The molecule has 0 radical (unpaired) electrons. The Hall–Kier alpha value is -1.14. The summed E-state index contributed by atoms with van der Waals surface area (Å²) in [6, 6.07) is 3.88. The van der Waals surface area contributed by atoms with Crippen LogP contribution < -0.4 is 11.1 Å². The lowest BCUT2D eigenvalue weighted by atomic mass is 9.52. The number of nitrogens with two attached hydrogens (primary N) is 1. The molecule has 29 heavy (non-hydrogen) atoms. The van der Waals surface area contributed by atoms with Crippen LogP contribution in [0.3, 0.4) is 0 Å². The van der Waals surface area contributed by atoms with E-state index < -0.39 is 0 Å². The van der Waals surface area contributed by atoms with Crippen molar-refractivity contribution in [3.05, 3.63) is 36.3 Å². The maximum atomic E-state index is 11.5. The summed E-state index contributed by atoms with van der Waals surface area (Å²) < 4.78 is 5.44. The molecular weight excluding hydrogens is 364 g/mol. The van der Waals surface area contributed by atoms with Gasteiger partial charge in [-0.3, -0.25) is 0 Å². The Morgan fingerprint density at radius 1 is 1.21 bits per heavy atom. The van der Waals surface area contributed by atoms with Crippen LogP contribution in [0.4, 0.5) is 0 Å². The van der Waals surface area contributed by atoms with E-state index in [1.165, 1.54) is 0 Å². The van der Waals surface area contributed by atoms with Crippen molar-refractivity contribution in [3.8, 4) is 0 Å². The van der Waals surface area contributed by atoms with E-state index in [0.717, 1.165) is 56.4 Å². The fourth-order valence-electron chi connectivity index (χ4n) is 6.81. The molecule has 5 N–H and O–H groups in total. The van der Waals surface area contributed by atoms with Gasteiger partial charge in [-0.05, 0) is 85.8 Å². The van der Waals surface area contributed by atoms with Gasteiger partial charge in [0.25, 0.3) is 0 Å². The predicted octanol–water partition coefficient (Wildman–Crippen LogP) is 3.22. The highest BCUT2D eigenvalue weighted by molar-refractivity contribution is 5.26. The zero-order chi connectivity index (χ0) is 20.8. The monoisotopic (exact) mass is 402 g/mol. The lowest BCUT2D eigenvalue weighted by Crippen LogP contribution is -2.54. The Balaban J connectivity index is 1.50. The Bertz CT molecular complexity index is 720. The van der Waals surface area contributed by atoms with Crippen LogP contribution in [0.5, 0.6) is 0 Å². The second-order valence-electron chi connectivity index (χ2n) is 10.4. The van der Waals surface area contributed by atoms with Crippen molar-refractivity contribution in [3.63, 3.8) is 0 Å². The van der Waals surface area contributed by atoms with Crippen LogP contribution >= 0.6 is 0 Å². The van der Waals surface area contributed by atoms with Crippen molar-refractivity contribution >= 4 is 0 Å². The molecule has 1 heterocycles. The molecule has 5 nitrogen and oxygen atoms in total. The Morgan fingerprint density at radius 3 is 2.72 bits per heavy atom. The fourth-order valence-corrected chi connectivity index (χ4v) is 6.81. The average molecular weight is 403 g/mol. The number of aliphatic hydroxyl groups excluding tert-OH is 2. The van der Waals surface area contributed by atoms with Gasteiger partial charge in [0.15, 0.2) is 0 Å². The largest absolute Gasteiger partial charge is 0.468 e. The number of hydrogen-bond acceptors (Lipinski definition) is 5. The zero-order valence-corrected chi connectivity index (χ0v) is 17.9. The van der Waals surface area contributed by atoms with Gasteiger partial charge < -0.3 is 25.7 Å². The van der Waals surface area contributed by atoms with E-state index >= 15 is 0 Å². The molecule has 3 aliphatic carbocycles. The summed E-state index contributed by atoms with van der Waals surface area (Å²) >= 11 is 0. The molecule has 0 aliphatic heterocycles. The molecule has 0 bridgehead atoms.